The van der Waals surface area contributed by atoms with Crippen LogP contribution in [0.1, 0.15) is 36.1 Å². The van der Waals surface area contributed by atoms with E-state index in [0.29, 0.717) is 0 Å². The first-order valence-electron chi connectivity index (χ1n) is 11.9. The van der Waals surface area contributed by atoms with Crippen molar-refractivity contribution in [2.75, 3.05) is 0 Å². The second-order valence-corrected chi connectivity index (χ2v) is 11.0. The summed E-state index contributed by atoms with van der Waals surface area (Å²) in [5, 5.41) is 0.935. The van der Waals surface area contributed by atoms with E-state index in [0.717, 1.165) is 16.8 Å². The van der Waals surface area contributed by atoms with E-state index in [1.807, 2.05) is 0 Å². The van der Waals surface area contributed by atoms with E-state index in [9.17, 15) is 8.42 Å². The molecule has 0 saturated heterocycles. The van der Waals surface area contributed by atoms with Crippen LogP contribution in [0.3, 0.4) is 0 Å². The molecule has 7 heteroatoms. The molecular formula is C31H23IrN2O3S-. The Morgan fingerprint density at radius 2 is 1.61 bits per heavy atom. The molecule has 38 heavy (non-hydrogen) atoms. The van der Waals surface area contributed by atoms with Crippen molar-refractivity contribution in [1.82, 2.24) is 9.97 Å². The minimum absolute atomic E-state index is 0. The molecule has 0 amide bonds. The Bertz CT molecular complexity index is 1830. The molecule has 0 bridgehead atoms. The SMILES string of the molecule is CC1(C)c2ccccc2-c2c[c-]c(-c3cc4c5c(cccc5n3)C=C4)cc21.O=S(=O)(O)c1ccccn1.[Ir]. The van der Waals surface area contributed by atoms with Crippen LogP contribution in [-0.4, -0.2) is 22.9 Å². The summed E-state index contributed by atoms with van der Waals surface area (Å²) in [4.78, 5) is 8.37. The van der Waals surface area contributed by atoms with Crippen LogP contribution in [0.2, 0.25) is 0 Å². The van der Waals surface area contributed by atoms with Crippen LogP contribution < -0.4 is 0 Å². The second-order valence-electron chi connectivity index (χ2n) is 9.66. The molecule has 5 aromatic rings. The molecule has 0 saturated carbocycles. The summed E-state index contributed by atoms with van der Waals surface area (Å²) in [6, 6.07) is 29.5. The molecule has 2 aromatic heterocycles. The summed E-state index contributed by atoms with van der Waals surface area (Å²) < 4.78 is 29.1. The van der Waals surface area contributed by atoms with Crippen LogP contribution in [0.5, 0.6) is 0 Å². The van der Waals surface area contributed by atoms with Crippen molar-refractivity contribution in [1.29, 1.82) is 0 Å². The first kappa shape index (κ1) is 26.1. The fraction of sp³-hybridized carbons (Fsp3) is 0.0968. The first-order chi connectivity index (χ1) is 17.7. The van der Waals surface area contributed by atoms with Gasteiger partial charge < -0.3 is 0 Å². The van der Waals surface area contributed by atoms with Gasteiger partial charge in [-0.25, -0.2) is 4.98 Å². The second kappa shape index (κ2) is 9.68. The van der Waals surface area contributed by atoms with Crippen LogP contribution in [0, 0.1) is 6.07 Å². The Labute approximate surface area is 235 Å². The summed E-state index contributed by atoms with van der Waals surface area (Å²) in [6.07, 6.45) is 5.66. The fourth-order valence-corrected chi connectivity index (χ4v) is 5.67. The van der Waals surface area contributed by atoms with E-state index in [1.54, 1.807) is 6.07 Å². The van der Waals surface area contributed by atoms with Crippen molar-refractivity contribution in [3.63, 3.8) is 0 Å². The third kappa shape index (κ3) is 4.42. The molecule has 2 aliphatic rings. The predicted octanol–water partition coefficient (Wildman–Crippen LogP) is 6.82. The largest absolute Gasteiger partial charge is 0.312 e. The smallest absolute Gasteiger partial charge is 0.296 e. The molecule has 7 rings (SSSR count). The number of hydrogen-bond acceptors (Lipinski definition) is 4. The van der Waals surface area contributed by atoms with Crippen molar-refractivity contribution in [3.8, 4) is 22.4 Å². The normalized spacial score (nSPS) is 13.8. The molecule has 2 heterocycles. The predicted molar refractivity (Wildman–Crippen MR) is 147 cm³/mol. The monoisotopic (exact) mass is 696 g/mol. The number of pyridine rings is 2. The topological polar surface area (TPSA) is 80.2 Å². The summed E-state index contributed by atoms with van der Waals surface area (Å²) in [7, 11) is -4.11. The van der Waals surface area contributed by atoms with Crippen molar-refractivity contribution >= 4 is 33.2 Å². The quantitative estimate of drug-likeness (QED) is 0.159. The van der Waals surface area contributed by atoms with Crippen molar-refractivity contribution in [3.05, 3.63) is 113 Å². The molecule has 2 aliphatic carbocycles. The van der Waals surface area contributed by atoms with Gasteiger partial charge in [0.05, 0.1) is 5.52 Å². The van der Waals surface area contributed by atoms with E-state index in [4.69, 9.17) is 9.54 Å². The molecule has 3 aromatic carbocycles. The average molecular weight is 696 g/mol. The summed E-state index contributed by atoms with van der Waals surface area (Å²) in [5.74, 6) is 0. The molecule has 5 nitrogen and oxygen atoms in total. The maximum Gasteiger partial charge on any atom is 0.312 e. The van der Waals surface area contributed by atoms with Crippen molar-refractivity contribution < 1.29 is 33.1 Å². The number of nitrogens with zero attached hydrogens (tertiary/aromatic N) is 2. The van der Waals surface area contributed by atoms with E-state index in [2.05, 4.69) is 97.7 Å². The average Bonchev–Trinajstić information content (AvgIpc) is 3.42. The van der Waals surface area contributed by atoms with Gasteiger partial charge in [-0.3, -0.25) is 9.54 Å². The van der Waals surface area contributed by atoms with Crippen LogP contribution >= 0.6 is 0 Å². The first-order valence-corrected chi connectivity index (χ1v) is 13.3. The summed E-state index contributed by atoms with van der Waals surface area (Å²) in [5.41, 5.74) is 11.0. The molecule has 0 fully saturated rings. The minimum atomic E-state index is -4.11. The van der Waals surface area contributed by atoms with Crippen molar-refractivity contribution in [2.45, 2.75) is 24.3 Å². The molecule has 0 unspecified atom stereocenters. The number of fused-ring (bicyclic) bond motifs is 3. The third-order valence-corrected chi connectivity index (χ3v) is 7.80. The fourth-order valence-electron chi connectivity index (χ4n) is 5.22. The van der Waals surface area contributed by atoms with Gasteiger partial charge in [-0.1, -0.05) is 85.7 Å². The van der Waals surface area contributed by atoms with Gasteiger partial charge in [0.2, 0.25) is 0 Å². The Morgan fingerprint density at radius 1 is 0.842 bits per heavy atom. The Balaban J connectivity index is 0.000000229. The maximum atomic E-state index is 10.3. The Hall–Kier alpha value is -3.48. The van der Waals surface area contributed by atoms with E-state index in [-0.39, 0.29) is 30.5 Å². The standard InChI is InChI=1S/C26H18N.C5H5NO3S.Ir/c1-26(2)21-8-4-3-7-19(21)20-13-12-17(14-22(20)26)24-15-18-11-10-16-6-5-9-23(27-24)25(16)18;7-10(8,9)5-3-1-2-4-6-5;/h3-11,13-15H,1-2H3;1-4H,(H,7,8,9);/q-1;;. The Morgan fingerprint density at radius 3 is 2.34 bits per heavy atom. The summed E-state index contributed by atoms with van der Waals surface area (Å²) in [6.45, 7) is 4.62. The zero-order chi connectivity index (χ0) is 25.8. The third-order valence-electron chi connectivity index (χ3n) is 7.03. The van der Waals surface area contributed by atoms with Crippen LogP contribution in [0.25, 0.3) is 45.4 Å². The zero-order valence-electron chi connectivity index (χ0n) is 20.6. The maximum absolute atomic E-state index is 10.3. The van der Waals surface area contributed by atoms with E-state index >= 15 is 0 Å². The Kier molecular flexibility index (Phi) is 6.66. The van der Waals surface area contributed by atoms with Crippen LogP contribution in [-0.2, 0) is 35.6 Å². The van der Waals surface area contributed by atoms with Crippen LogP contribution in [0.15, 0.2) is 90.1 Å². The number of hydrogen-bond donors (Lipinski definition) is 1. The van der Waals surface area contributed by atoms with Crippen LogP contribution in [0.4, 0.5) is 0 Å². The number of aromatic nitrogens is 2. The van der Waals surface area contributed by atoms with Gasteiger partial charge >= 0.3 is 10.1 Å². The summed E-state index contributed by atoms with van der Waals surface area (Å²) >= 11 is 0. The molecule has 0 aliphatic heterocycles. The van der Waals surface area contributed by atoms with Gasteiger partial charge in [0.1, 0.15) is 0 Å². The minimum Gasteiger partial charge on any atom is -0.296 e. The zero-order valence-corrected chi connectivity index (χ0v) is 23.8. The number of rotatable bonds is 2. The molecule has 0 spiro atoms. The molecule has 1 N–H and O–H groups in total. The van der Waals surface area contributed by atoms with E-state index in [1.165, 1.54) is 57.1 Å². The van der Waals surface area contributed by atoms with Crippen molar-refractivity contribution in [2.24, 2.45) is 0 Å². The number of benzene rings is 3. The van der Waals surface area contributed by atoms with Gasteiger partial charge in [-0.2, -0.15) is 8.42 Å². The van der Waals surface area contributed by atoms with Gasteiger partial charge in [0.15, 0.2) is 5.03 Å². The van der Waals surface area contributed by atoms with Gasteiger partial charge in [0, 0.05) is 31.7 Å². The molecule has 191 valence electrons. The molecule has 0 atom stereocenters. The van der Waals surface area contributed by atoms with Gasteiger partial charge in [0.25, 0.3) is 0 Å². The molecule has 1 radical (unpaired) electrons. The van der Waals surface area contributed by atoms with Gasteiger partial charge in [-0.05, 0) is 46.0 Å². The van der Waals surface area contributed by atoms with E-state index < -0.39 is 10.1 Å². The molecular weight excluding hydrogens is 673 g/mol. The van der Waals surface area contributed by atoms with Gasteiger partial charge in [-0.15, -0.1) is 29.3 Å².